The van der Waals surface area contributed by atoms with Crippen molar-refractivity contribution in [2.45, 2.75) is 49.9 Å². The van der Waals surface area contributed by atoms with Gasteiger partial charge in [-0.1, -0.05) is 47.5 Å². The number of ether oxygens (including phenoxy) is 2. The van der Waals surface area contributed by atoms with Crippen molar-refractivity contribution in [1.29, 1.82) is 0 Å². The van der Waals surface area contributed by atoms with Crippen LogP contribution in [-0.2, 0) is 16.9 Å². The molecule has 40 heavy (non-hydrogen) atoms. The minimum absolute atomic E-state index is 0.172. The molecule has 0 aromatic heterocycles. The van der Waals surface area contributed by atoms with Crippen LogP contribution in [0.25, 0.3) is 0 Å². The Kier molecular flexibility index (Phi) is 7.19. The molecule has 8 nitrogen and oxygen atoms in total. The predicted octanol–water partition coefficient (Wildman–Crippen LogP) is 6.79. The molecule has 0 saturated carbocycles. The lowest BCUT2D eigenvalue weighted by Crippen LogP contribution is -2.55. The van der Waals surface area contributed by atoms with Crippen LogP contribution in [-0.4, -0.2) is 41.0 Å². The first kappa shape index (κ1) is 27.3. The van der Waals surface area contributed by atoms with Gasteiger partial charge >= 0.3 is 0 Å². The number of nitrogens with zero attached hydrogens (tertiary/aromatic N) is 2. The fourth-order valence-corrected chi connectivity index (χ4v) is 7.78. The van der Waals surface area contributed by atoms with Crippen LogP contribution in [0.5, 0.6) is 11.5 Å². The monoisotopic (exact) mass is 645 g/mol. The zero-order chi connectivity index (χ0) is 28.2. The topological polar surface area (TPSA) is 93.9 Å². The van der Waals surface area contributed by atoms with E-state index >= 15 is 0 Å². The highest BCUT2D eigenvalue weighted by Gasteiger charge is 2.73. The summed E-state index contributed by atoms with van der Waals surface area (Å²) in [6.07, 6.45) is 1.60. The van der Waals surface area contributed by atoms with E-state index in [4.69, 9.17) is 32.7 Å². The van der Waals surface area contributed by atoms with Gasteiger partial charge in [-0.15, -0.1) is 0 Å². The first-order valence-corrected chi connectivity index (χ1v) is 14.7. The van der Waals surface area contributed by atoms with Crippen LogP contribution in [0.2, 0.25) is 10.0 Å². The molecular formula is C29H26BrCl2N3O5. The molecule has 3 aromatic carbocycles. The number of hydrogen-bond acceptors (Lipinski definition) is 6. The molecule has 3 heterocycles. The minimum Gasteiger partial charge on any atom is -0.490 e. The van der Waals surface area contributed by atoms with Crippen LogP contribution < -0.4 is 14.8 Å². The number of carbonyl (C=O) groups is 1. The summed E-state index contributed by atoms with van der Waals surface area (Å²) in [5.74, 6) is 0.0356. The molecule has 1 amide bonds. The number of hydrogen-bond donors (Lipinski definition) is 1. The molecular weight excluding hydrogens is 621 g/mol. The van der Waals surface area contributed by atoms with Crippen molar-refractivity contribution in [1.82, 2.24) is 4.90 Å². The van der Waals surface area contributed by atoms with Gasteiger partial charge in [-0.3, -0.25) is 19.8 Å². The third kappa shape index (κ3) is 4.17. The maximum absolute atomic E-state index is 13.7. The quantitative estimate of drug-likeness (QED) is 0.224. The van der Waals surface area contributed by atoms with E-state index in [2.05, 4.69) is 26.1 Å². The summed E-state index contributed by atoms with van der Waals surface area (Å²) >= 11 is 16.0. The number of carbonyl (C=O) groups excluding carboxylic acids is 1. The molecule has 4 atom stereocenters. The molecule has 208 valence electrons. The molecule has 3 aromatic rings. The molecule has 0 aliphatic carbocycles. The summed E-state index contributed by atoms with van der Waals surface area (Å²) in [7, 11) is 0. The predicted molar refractivity (Wildman–Crippen MR) is 156 cm³/mol. The average molecular weight is 647 g/mol. The fourth-order valence-electron chi connectivity index (χ4n) is 6.75. The van der Waals surface area contributed by atoms with E-state index in [-0.39, 0.29) is 23.5 Å². The minimum atomic E-state index is -1.38. The van der Waals surface area contributed by atoms with Crippen molar-refractivity contribution in [2.24, 2.45) is 0 Å². The first-order chi connectivity index (χ1) is 19.3. The third-order valence-electron chi connectivity index (χ3n) is 8.20. The molecule has 2 fully saturated rings. The molecule has 3 aliphatic heterocycles. The van der Waals surface area contributed by atoms with Crippen LogP contribution >= 0.6 is 39.1 Å². The number of halogens is 3. The molecule has 0 radical (unpaired) electrons. The second kappa shape index (κ2) is 10.5. The Morgan fingerprint density at radius 1 is 1.18 bits per heavy atom. The van der Waals surface area contributed by atoms with E-state index in [0.29, 0.717) is 50.4 Å². The summed E-state index contributed by atoms with van der Waals surface area (Å²) in [4.78, 5) is 28.4. The molecule has 3 aliphatic rings. The summed E-state index contributed by atoms with van der Waals surface area (Å²) < 4.78 is 12.7. The average Bonchev–Trinajstić information content (AvgIpc) is 3.57. The third-order valence-corrected chi connectivity index (χ3v) is 9.37. The maximum atomic E-state index is 13.7. The molecule has 6 rings (SSSR count). The summed E-state index contributed by atoms with van der Waals surface area (Å²) in [6, 6.07) is 14.8. The Hall–Kier alpha value is -2.85. The first-order valence-electron chi connectivity index (χ1n) is 13.1. The maximum Gasteiger partial charge on any atom is 0.256 e. The van der Waals surface area contributed by atoms with Crippen molar-refractivity contribution in [3.8, 4) is 11.5 Å². The van der Waals surface area contributed by atoms with Gasteiger partial charge in [-0.05, 0) is 71.6 Å². The Bertz CT molecular complexity index is 1520. The number of fused-ring (bicyclic) bond motifs is 4. The van der Waals surface area contributed by atoms with Crippen molar-refractivity contribution >= 4 is 50.7 Å². The van der Waals surface area contributed by atoms with Crippen molar-refractivity contribution in [3.63, 3.8) is 0 Å². The normalized spacial score (nSPS) is 25.1. The Morgan fingerprint density at radius 2 is 1.98 bits per heavy atom. The van der Waals surface area contributed by atoms with Gasteiger partial charge < -0.3 is 14.8 Å². The Balaban J connectivity index is 1.43. The highest BCUT2D eigenvalue weighted by molar-refractivity contribution is 9.10. The lowest BCUT2D eigenvalue weighted by atomic mass is 9.77. The van der Waals surface area contributed by atoms with Crippen LogP contribution in [0, 0.1) is 10.1 Å². The van der Waals surface area contributed by atoms with Crippen LogP contribution in [0.15, 0.2) is 59.1 Å². The van der Waals surface area contributed by atoms with Crippen LogP contribution in [0.1, 0.15) is 42.4 Å². The fraction of sp³-hybridized carbons (Fsp3) is 0.345. The highest BCUT2D eigenvalue weighted by atomic mass is 79.9. The van der Waals surface area contributed by atoms with E-state index in [1.54, 1.807) is 24.3 Å². The van der Waals surface area contributed by atoms with Gasteiger partial charge in [0.1, 0.15) is 6.61 Å². The number of benzene rings is 3. The molecule has 1 N–H and O–H groups in total. The zero-order valence-corrected chi connectivity index (χ0v) is 24.6. The standard InChI is InChI=1S/C29H26BrCl2N3O5/c1-2-39-24-13-17(12-20(30)26(24)40-15-16-9-10-18(31)14-21(16)32)25-23-8-5-11-34(23)29(27(25)35(37)38)19-6-3-4-7-22(19)33-28(29)36/h3-4,6-7,9-10,12-14,23,25,27H,2,5,8,11,15H2,1H3,(H,33,36)/t23-,25+,27-,29-/m0/s1. The number of para-hydroxylation sites is 1. The molecule has 1 spiro atoms. The second-order valence-electron chi connectivity index (χ2n) is 10.2. The Labute approximate surface area is 249 Å². The molecule has 0 unspecified atom stereocenters. The number of rotatable bonds is 7. The van der Waals surface area contributed by atoms with Gasteiger partial charge in [0.2, 0.25) is 0 Å². The summed E-state index contributed by atoms with van der Waals surface area (Å²) in [5.41, 5.74) is 1.39. The van der Waals surface area contributed by atoms with Crippen molar-refractivity contribution in [2.75, 3.05) is 18.5 Å². The van der Waals surface area contributed by atoms with E-state index < -0.39 is 17.5 Å². The number of nitro groups is 1. The van der Waals surface area contributed by atoms with Gasteiger partial charge in [0.05, 0.1) is 17.0 Å². The second-order valence-corrected chi connectivity index (χ2v) is 11.9. The number of anilines is 1. The van der Waals surface area contributed by atoms with Gasteiger partial charge in [-0.25, -0.2) is 0 Å². The number of nitrogens with one attached hydrogen (secondary N) is 1. The van der Waals surface area contributed by atoms with Crippen molar-refractivity contribution < 1.29 is 19.2 Å². The van der Waals surface area contributed by atoms with Gasteiger partial charge in [0.25, 0.3) is 11.9 Å². The highest BCUT2D eigenvalue weighted by Crippen LogP contribution is 2.58. The van der Waals surface area contributed by atoms with Gasteiger partial charge in [0, 0.05) is 44.4 Å². The van der Waals surface area contributed by atoms with Crippen LogP contribution in [0.3, 0.4) is 0 Å². The van der Waals surface area contributed by atoms with Gasteiger partial charge in [-0.2, -0.15) is 0 Å². The summed E-state index contributed by atoms with van der Waals surface area (Å²) in [5, 5.41) is 16.9. The SMILES string of the molecule is CCOc1cc([C@H]2[C@H]([N+](=O)[O-])[C@@]3(C(=O)Nc4ccccc43)N3CCC[C@@H]23)cc(Br)c1OCc1ccc(Cl)cc1Cl. The van der Waals surface area contributed by atoms with E-state index in [0.717, 1.165) is 24.0 Å². The lowest BCUT2D eigenvalue weighted by molar-refractivity contribution is -0.534. The van der Waals surface area contributed by atoms with Crippen molar-refractivity contribution in [3.05, 3.63) is 95.9 Å². The lowest BCUT2D eigenvalue weighted by Gasteiger charge is -2.32. The smallest absolute Gasteiger partial charge is 0.256 e. The Morgan fingerprint density at radius 3 is 2.73 bits per heavy atom. The number of amides is 1. The zero-order valence-electron chi connectivity index (χ0n) is 21.5. The van der Waals surface area contributed by atoms with Crippen LogP contribution in [0.4, 0.5) is 5.69 Å². The molecule has 11 heteroatoms. The molecule has 0 bridgehead atoms. The van der Waals surface area contributed by atoms with E-state index in [1.165, 1.54) is 0 Å². The van der Waals surface area contributed by atoms with E-state index in [9.17, 15) is 14.9 Å². The molecule has 2 saturated heterocycles. The summed E-state index contributed by atoms with van der Waals surface area (Å²) in [6.45, 7) is 3.01. The van der Waals surface area contributed by atoms with E-state index in [1.807, 2.05) is 37.3 Å². The van der Waals surface area contributed by atoms with Gasteiger partial charge in [0.15, 0.2) is 17.0 Å². The largest absolute Gasteiger partial charge is 0.490 e.